The third kappa shape index (κ3) is 3.72. The van der Waals surface area contributed by atoms with Crippen molar-refractivity contribution < 1.29 is 0 Å². The van der Waals surface area contributed by atoms with E-state index in [2.05, 4.69) is 37.4 Å². The Hall–Kier alpha value is -2.18. The van der Waals surface area contributed by atoms with E-state index < -0.39 is 0 Å². The second-order valence-electron chi connectivity index (χ2n) is 5.77. The van der Waals surface area contributed by atoms with E-state index in [4.69, 9.17) is 0 Å². The summed E-state index contributed by atoms with van der Waals surface area (Å²) in [6.45, 7) is 6.06. The van der Waals surface area contributed by atoms with Gasteiger partial charge in [0.15, 0.2) is 0 Å². The van der Waals surface area contributed by atoms with Crippen LogP contribution in [0.2, 0.25) is 0 Å². The molecule has 1 aliphatic heterocycles. The van der Waals surface area contributed by atoms with Crippen LogP contribution in [0.5, 0.6) is 0 Å². The summed E-state index contributed by atoms with van der Waals surface area (Å²) in [5.41, 5.74) is 0. The average molecular weight is 301 g/mol. The largest absolute Gasteiger partial charge is 0.370 e. The Labute approximate surface area is 130 Å². The van der Waals surface area contributed by atoms with Crippen LogP contribution >= 0.6 is 0 Å². The Morgan fingerprint density at radius 1 is 1.36 bits per heavy atom. The molecule has 7 heteroatoms. The van der Waals surface area contributed by atoms with Crippen LogP contribution in [0.4, 0.5) is 11.6 Å². The van der Waals surface area contributed by atoms with Gasteiger partial charge in [-0.3, -0.25) is 4.68 Å². The summed E-state index contributed by atoms with van der Waals surface area (Å²) in [6, 6.07) is 2.05. The molecular weight excluding hydrogens is 278 g/mol. The van der Waals surface area contributed by atoms with Crippen LogP contribution in [0, 0.1) is 5.92 Å². The van der Waals surface area contributed by atoms with Crippen molar-refractivity contribution in [3.05, 3.63) is 24.8 Å². The van der Waals surface area contributed by atoms with Gasteiger partial charge in [-0.2, -0.15) is 0 Å². The number of rotatable bonds is 6. The lowest BCUT2D eigenvalue weighted by Crippen LogP contribution is -2.37. The van der Waals surface area contributed by atoms with E-state index in [0.29, 0.717) is 5.92 Å². The fourth-order valence-electron chi connectivity index (χ4n) is 2.89. The number of aromatic nitrogens is 5. The fraction of sp³-hybridized carbons (Fsp3) is 0.600. The van der Waals surface area contributed by atoms with Crippen molar-refractivity contribution >= 4 is 11.6 Å². The molecule has 2 aromatic heterocycles. The monoisotopic (exact) mass is 301 g/mol. The van der Waals surface area contributed by atoms with Crippen molar-refractivity contribution in [1.29, 1.82) is 0 Å². The van der Waals surface area contributed by atoms with E-state index in [1.807, 2.05) is 16.9 Å². The zero-order valence-corrected chi connectivity index (χ0v) is 13.0. The Balaban J connectivity index is 1.63. The maximum atomic E-state index is 4.44. The molecule has 0 spiro atoms. The molecule has 1 fully saturated rings. The van der Waals surface area contributed by atoms with Crippen molar-refractivity contribution in [1.82, 2.24) is 25.0 Å². The number of hydrogen-bond acceptors (Lipinski definition) is 6. The highest BCUT2D eigenvalue weighted by molar-refractivity contribution is 5.48. The minimum atomic E-state index is 0.581. The average Bonchev–Trinajstić information content (AvgIpc) is 3.06. The molecule has 1 unspecified atom stereocenters. The van der Waals surface area contributed by atoms with Gasteiger partial charge in [-0.25, -0.2) is 9.97 Å². The summed E-state index contributed by atoms with van der Waals surface area (Å²) in [5, 5.41) is 11.3. The second-order valence-corrected chi connectivity index (χ2v) is 5.77. The highest BCUT2D eigenvalue weighted by Crippen LogP contribution is 2.23. The number of anilines is 2. The first-order valence-corrected chi connectivity index (χ1v) is 8.00. The standard InChI is InChI=1S/C15H23N7/c1-2-5-16-14-9-15(18-12-17-14)21-7-3-4-13(10-21)11-22-8-6-19-20-22/h6,8-9,12-13H,2-5,7,10-11H2,1H3,(H,16,17,18). The second kappa shape index (κ2) is 7.20. The van der Waals surface area contributed by atoms with Crippen LogP contribution < -0.4 is 10.2 Å². The lowest BCUT2D eigenvalue weighted by molar-refractivity contribution is 0.347. The van der Waals surface area contributed by atoms with Gasteiger partial charge >= 0.3 is 0 Å². The van der Waals surface area contributed by atoms with E-state index in [-0.39, 0.29) is 0 Å². The van der Waals surface area contributed by atoms with Crippen molar-refractivity contribution in [2.24, 2.45) is 5.92 Å². The number of nitrogens with one attached hydrogen (secondary N) is 1. The van der Waals surface area contributed by atoms with Crippen LogP contribution in [-0.4, -0.2) is 44.6 Å². The molecule has 22 heavy (non-hydrogen) atoms. The Bertz CT molecular complexity index is 569. The molecular formula is C15H23N7. The van der Waals surface area contributed by atoms with Gasteiger partial charge in [0, 0.05) is 38.4 Å². The van der Waals surface area contributed by atoms with Crippen molar-refractivity contribution in [3.63, 3.8) is 0 Å². The SMILES string of the molecule is CCCNc1cc(N2CCCC(Cn3ccnn3)C2)ncn1. The van der Waals surface area contributed by atoms with Crippen molar-refractivity contribution in [3.8, 4) is 0 Å². The van der Waals surface area contributed by atoms with Crippen molar-refractivity contribution in [2.75, 3.05) is 29.9 Å². The first-order chi connectivity index (χ1) is 10.8. The van der Waals surface area contributed by atoms with Crippen LogP contribution in [0.1, 0.15) is 26.2 Å². The predicted molar refractivity (Wildman–Crippen MR) is 85.8 cm³/mol. The Morgan fingerprint density at radius 3 is 3.14 bits per heavy atom. The molecule has 2 aromatic rings. The molecule has 0 radical (unpaired) electrons. The smallest absolute Gasteiger partial charge is 0.134 e. The first kappa shape index (κ1) is 14.7. The Morgan fingerprint density at radius 2 is 2.32 bits per heavy atom. The summed E-state index contributed by atoms with van der Waals surface area (Å²) in [7, 11) is 0. The summed E-state index contributed by atoms with van der Waals surface area (Å²) in [6.07, 6.45) is 8.80. The molecule has 0 amide bonds. The van der Waals surface area contributed by atoms with Crippen LogP contribution in [-0.2, 0) is 6.54 Å². The third-order valence-corrected chi connectivity index (χ3v) is 3.97. The van der Waals surface area contributed by atoms with Gasteiger partial charge in [-0.05, 0) is 25.2 Å². The van der Waals surface area contributed by atoms with Gasteiger partial charge in [0.1, 0.15) is 18.0 Å². The van der Waals surface area contributed by atoms with E-state index >= 15 is 0 Å². The zero-order valence-electron chi connectivity index (χ0n) is 13.0. The van der Waals surface area contributed by atoms with Crippen LogP contribution in [0.25, 0.3) is 0 Å². The molecule has 0 aromatic carbocycles. The highest BCUT2D eigenvalue weighted by Gasteiger charge is 2.21. The van der Waals surface area contributed by atoms with Crippen molar-refractivity contribution in [2.45, 2.75) is 32.7 Å². The van der Waals surface area contributed by atoms with Gasteiger partial charge in [0.05, 0.1) is 6.20 Å². The summed E-state index contributed by atoms with van der Waals surface area (Å²) in [5.74, 6) is 2.50. The normalized spacial score (nSPS) is 18.4. The van der Waals surface area contributed by atoms with E-state index in [1.54, 1.807) is 12.5 Å². The molecule has 1 N–H and O–H groups in total. The molecule has 0 aliphatic carbocycles. The zero-order chi connectivity index (χ0) is 15.2. The minimum absolute atomic E-state index is 0.581. The maximum absolute atomic E-state index is 4.44. The molecule has 3 heterocycles. The van der Waals surface area contributed by atoms with Gasteiger partial charge in [0.2, 0.25) is 0 Å². The van der Waals surface area contributed by atoms with Gasteiger partial charge in [0.25, 0.3) is 0 Å². The Kier molecular flexibility index (Phi) is 4.82. The molecule has 118 valence electrons. The quantitative estimate of drug-likeness (QED) is 0.877. The van der Waals surface area contributed by atoms with Gasteiger partial charge in [-0.15, -0.1) is 5.10 Å². The summed E-state index contributed by atoms with van der Waals surface area (Å²) >= 11 is 0. The topological polar surface area (TPSA) is 71.8 Å². The molecule has 1 aliphatic rings. The fourth-order valence-corrected chi connectivity index (χ4v) is 2.89. The molecule has 0 saturated carbocycles. The number of piperidine rings is 1. The van der Waals surface area contributed by atoms with E-state index in [0.717, 1.165) is 44.2 Å². The lowest BCUT2D eigenvalue weighted by atomic mass is 9.98. The van der Waals surface area contributed by atoms with Gasteiger partial charge < -0.3 is 10.2 Å². The highest BCUT2D eigenvalue weighted by atomic mass is 15.4. The van der Waals surface area contributed by atoms with E-state index in [1.165, 1.54) is 12.8 Å². The molecule has 1 atom stereocenters. The van der Waals surface area contributed by atoms with Gasteiger partial charge in [-0.1, -0.05) is 12.1 Å². The molecule has 3 rings (SSSR count). The van der Waals surface area contributed by atoms with E-state index in [9.17, 15) is 0 Å². The lowest BCUT2D eigenvalue weighted by Gasteiger charge is -2.33. The molecule has 0 bridgehead atoms. The van der Waals surface area contributed by atoms with Crippen LogP contribution in [0.3, 0.4) is 0 Å². The summed E-state index contributed by atoms with van der Waals surface area (Å²) in [4.78, 5) is 11.1. The number of nitrogens with zero attached hydrogens (tertiary/aromatic N) is 6. The maximum Gasteiger partial charge on any atom is 0.134 e. The molecule has 7 nitrogen and oxygen atoms in total. The molecule has 1 saturated heterocycles. The minimum Gasteiger partial charge on any atom is -0.370 e. The third-order valence-electron chi connectivity index (χ3n) is 3.97. The number of hydrogen-bond donors (Lipinski definition) is 1. The predicted octanol–water partition coefficient (Wildman–Crippen LogP) is 1.81. The van der Waals surface area contributed by atoms with Crippen LogP contribution in [0.15, 0.2) is 24.8 Å². The first-order valence-electron chi connectivity index (χ1n) is 8.00. The summed E-state index contributed by atoms with van der Waals surface area (Å²) < 4.78 is 1.92.